The number of rotatable bonds is 4. The monoisotopic (exact) mass is 224 g/mol. The normalized spacial score (nSPS) is 41.8. The van der Waals surface area contributed by atoms with E-state index in [1.165, 1.54) is 14.2 Å². The van der Waals surface area contributed by atoms with Gasteiger partial charge in [-0.1, -0.05) is 0 Å². The summed E-state index contributed by atoms with van der Waals surface area (Å²) in [7, 11) is 2.64. The fourth-order valence-electron chi connectivity index (χ4n) is 1.38. The Morgan fingerprint density at radius 2 is 1.73 bits per heavy atom. The maximum atomic E-state index is 9.52. The van der Waals surface area contributed by atoms with Gasteiger partial charge >= 0.3 is 0 Å². The molecule has 15 heavy (non-hydrogen) atoms. The van der Waals surface area contributed by atoms with Crippen molar-refractivity contribution in [1.82, 2.24) is 0 Å². The quantitative estimate of drug-likeness (QED) is 0.376. The third-order valence-electron chi connectivity index (χ3n) is 2.25. The molecule has 0 radical (unpaired) electrons. The molecular formula is C8H16O7. The van der Waals surface area contributed by atoms with Gasteiger partial charge in [0, 0.05) is 7.11 Å². The molecule has 0 aliphatic carbocycles. The van der Waals surface area contributed by atoms with Gasteiger partial charge in [0.25, 0.3) is 0 Å². The van der Waals surface area contributed by atoms with E-state index in [9.17, 15) is 15.3 Å². The summed E-state index contributed by atoms with van der Waals surface area (Å²) < 4.78 is 9.94. The van der Waals surface area contributed by atoms with Crippen LogP contribution < -0.4 is 0 Å². The molecule has 0 bridgehead atoms. The van der Waals surface area contributed by atoms with Crippen molar-refractivity contribution in [2.24, 2.45) is 0 Å². The van der Waals surface area contributed by atoms with Gasteiger partial charge in [0.1, 0.15) is 31.0 Å². The fraction of sp³-hybridized carbons (Fsp3) is 1.00. The average Bonchev–Trinajstić information content (AvgIpc) is 2.25. The van der Waals surface area contributed by atoms with Crippen LogP contribution in [0.25, 0.3) is 0 Å². The number of aliphatic hydroxyl groups is 3. The largest absolute Gasteiger partial charge is 0.387 e. The molecule has 1 saturated heterocycles. The number of hydrogen-bond donors (Lipinski definition) is 3. The minimum Gasteiger partial charge on any atom is -0.387 e. The van der Waals surface area contributed by atoms with Gasteiger partial charge < -0.3 is 24.8 Å². The molecule has 0 spiro atoms. The standard InChI is InChI=1S/C8H16O7/c1-12-8-7(11)6(10)5(9)4(15-8)3-14-13-2/h4-11H,3H2,1-2H3. The van der Waals surface area contributed by atoms with Crippen LogP contribution in [0.4, 0.5) is 0 Å². The smallest absolute Gasteiger partial charge is 0.186 e. The highest BCUT2D eigenvalue weighted by Gasteiger charge is 2.44. The molecule has 1 rings (SSSR count). The summed E-state index contributed by atoms with van der Waals surface area (Å²) in [5.74, 6) is 0. The minimum absolute atomic E-state index is 0.0681. The van der Waals surface area contributed by atoms with Gasteiger partial charge in [-0.05, 0) is 0 Å². The van der Waals surface area contributed by atoms with Crippen molar-refractivity contribution in [2.45, 2.75) is 30.7 Å². The molecule has 3 N–H and O–H groups in total. The van der Waals surface area contributed by atoms with Crippen molar-refractivity contribution in [3.63, 3.8) is 0 Å². The molecule has 5 unspecified atom stereocenters. The van der Waals surface area contributed by atoms with E-state index < -0.39 is 30.7 Å². The number of methoxy groups -OCH3 is 1. The Balaban J connectivity index is 2.57. The predicted molar refractivity (Wildman–Crippen MR) is 46.7 cm³/mol. The molecule has 0 aromatic carbocycles. The lowest BCUT2D eigenvalue weighted by Gasteiger charge is -2.39. The molecule has 90 valence electrons. The van der Waals surface area contributed by atoms with Gasteiger partial charge in [-0.15, -0.1) is 0 Å². The first-order valence-corrected chi connectivity index (χ1v) is 4.50. The lowest BCUT2D eigenvalue weighted by Crippen LogP contribution is -2.59. The third-order valence-corrected chi connectivity index (χ3v) is 2.25. The second-order valence-electron chi connectivity index (χ2n) is 3.20. The Kier molecular flexibility index (Phi) is 4.87. The van der Waals surface area contributed by atoms with Crippen LogP contribution in [0.5, 0.6) is 0 Å². The van der Waals surface area contributed by atoms with Crippen molar-refractivity contribution in [1.29, 1.82) is 0 Å². The zero-order valence-electron chi connectivity index (χ0n) is 8.57. The van der Waals surface area contributed by atoms with E-state index in [-0.39, 0.29) is 6.61 Å². The molecule has 0 aromatic rings. The lowest BCUT2D eigenvalue weighted by atomic mass is 9.99. The summed E-state index contributed by atoms with van der Waals surface area (Å²) >= 11 is 0. The average molecular weight is 224 g/mol. The Labute approximate surface area is 87.1 Å². The SMILES string of the molecule is COOCC1OC(OC)C(O)C(O)C1O. The molecule has 1 heterocycles. The van der Waals surface area contributed by atoms with Gasteiger partial charge in [0.15, 0.2) is 6.29 Å². The summed E-state index contributed by atoms with van der Waals surface area (Å²) in [5, 5.41) is 28.4. The second kappa shape index (κ2) is 5.71. The van der Waals surface area contributed by atoms with Crippen molar-refractivity contribution in [3.8, 4) is 0 Å². The molecule has 7 nitrogen and oxygen atoms in total. The first kappa shape index (κ1) is 12.8. The summed E-state index contributed by atoms with van der Waals surface area (Å²) in [4.78, 5) is 8.93. The maximum absolute atomic E-state index is 9.52. The van der Waals surface area contributed by atoms with Crippen molar-refractivity contribution in [3.05, 3.63) is 0 Å². The Morgan fingerprint density at radius 3 is 2.27 bits per heavy atom. The molecule has 5 atom stereocenters. The van der Waals surface area contributed by atoms with E-state index in [1.54, 1.807) is 0 Å². The van der Waals surface area contributed by atoms with Crippen molar-refractivity contribution < 1.29 is 34.6 Å². The van der Waals surface area contributed by atoms with Crippen LogP contribution in [-0.2, 0) is 19.2 Å². The highest BCUT2D eigenvalue weighted by atomic mass is 17.2. The summed E-state index contributed by atoms with van der Waals surface area (Å²) in [6.45, 7) is -0.0681. The van der Waals surface area contributed by atoms with Crippen LogP contribution in [0.2, 0.25) is 0 Å². The Bertz CT molecular complexity index is 186. The molecule has 1 aliphatic rings. The molecular weight excluding hydrogens is 208 g/mol. The lowest BCUT2D eigenvalue weighted by molar-refractivity contribution is -0.337. The van der Waals surface area contributed by atoms with Crippen LogP contribution >= 0.6 is 0 Å². The van der Waals surface area contributed by atoms with E-state index in [2.05, 4.69) is 9.78 Å². The molecule has 1 aliphatic heterocycles. The molecule has 0 amide bonds. The van der Waals surface area contributed by atoms with Crippen LogP contribution in [0.1, 0.15) is 0 Å². The minimum atomic E-state index is -1.34. The summed E-state index contributed by atoms with van der Waals surface area (Å²) in [6, 6.07) is 0. The van der Waals surface area contributed by atoms with Gasteiger partial charge in [0.05, 0.1) is 7.11 Å². The zero-order chi connectivity index (χ0) is 11.4. The van der Waals surface area contributed by atoms with E-state index in [4.69, 9.17) is 9.47 Å². The van der Waals surface area contributed by atoms with E-state index in [0.717, 1.165) is 0 Å². The molecule has 1 fully saturated rings. The van der Waals surface area contributed by atoms with Gasteiger partial charge in [-0.2, -0.15) is 0 Å². The van der Waals surface area contributed by atoms with E-state index in [0.29, 0.717) is 0 Å². The van der Waals surface area contributed by atoms with Crippen LogP contribution in [-0.4, -0.2) is 66.9 Å². The van der Waals surface area contributed by atoms with E-state index in [1.807, 2.05) is 0 Å². The predicted octanol–water partition coefficient (Wildman–Crippen LogP) is -1.98. The van der Waals surface area contributed by atoms with E-state index >= 15 is 0 Å². The summed E-state index contributed by atoms with van der Waals surface area (Å²) in [6.07, 6.45) is -5.68. The van der Waals surface area contributed by atoms with Crippen LogP contribution in [0.3, 0.4) is 0 Å². The topological polar surface area (TPSA) is 97.6 Å². The highest BCUT2D eigenvalue weighted by Crippen LogP contribution is 2.21. The Morgan fingerprint density at radius 1 is 1.07 bits per heavy atom. The van der Waals surface area contributed by atoms with Gasteiger partial charge in [-0.25, -0.2) is 9.78 Å². The zero-order valence-corrected chi connectivity index (χ0v) is 8.57. The number of hydrogen-bond acceptors (Lipinski definition) is 7. The first-order chi connectivity index (χ1) is 7.11. The van der Waals surface area contributed by atoms with Gasteiger partial charge in [-0.3, -0.25) is 0 Å². The highest BCUT2D eigenvalue weighted by molar-refractivity contribution is 4.88. The number of aliphatic hydroxyl groups excluding tert-OH is 3. The van der Waals surface area contributed by atoms with Crippen molar-refractivity contribution >= 4 is 0 Å². The first-order valence-electron chi connectivity index (χ1n) is 4.50. The molecule has 7 heteroatoms. The second-order valence-corrected chi connectivity index (χ2v) is 3.20. The fourth-order valence-corrected chi connectivity index (χ4v) is 1.38. The van der Waals surface area contributed by atoms with Gasteiger partial charge in [0.2, 0.25) is 0 Å². The van der Waals surface area contributed by atoms with Crippen LogP contribution in [0, 0.1) is 0 Å². The Hall–Kier alpha value is -0.280. The van der Waals surface area contributed by atoms with Crippen molar-refractivity contribution in [2.75, 3.05) is 20.8 Å². The molecule has 0 saturated carbocycles. The van der Waals surface area contributed by atoms with Crippen LogP contribution in [0.15, 0.2) is 0 Å². The molecule has 0 aromatic heterocycles. The summed E-state index contributed by atoms with van der Waals surface area (Å²) in [5.41, 5.74) is 0. The number of ether oxygens (including phenoxy) is 2. The maximum Gasteiger partial charge on any atom is 0.186 e. The third kappa shape index (κ3) is 2.85.